The molecule has 0 aromatic rings. The monoisotopic (exact) mass is 171 g/mol. The zero-order valence-electron chi connectivity index (χ0n) is 4.55. The Labute approximate surface area is 62.7 Å². The van der Waals surface area contributed by atoms with E-state index < -0.39 is 17.4 Å². The van der Waals surface area contributed by atoms with Crippen LogP contribution in [0.2, 0.25) is 0 Å². The van der Waals surface area contributed by atoms with Crippen molar-refractivity contribution in [2.45, 2.75) is 11.5 Å². The molecule has 0 spiro atoms. The Kier molecular flexibility index (Phi) is 3.93. The normalized spacial score (nSPS) is 16.8. The number of hydrogen-bond acceptors (Lipinski definition) is 2. The molecule has 0 aromatic heterocycles. The summed E-state index contributed by atoms with van der Waals surface area (Å²) in [5.74, 6) is -0.846. The van der Waals surface area contributed by atoms with E-state index in [0.29, 0.717) is 0 Å². The Morgan fingerprint density at radius 2 is 2.22 bits per heavy atom. The van der Waals surface area contributed by atoms with Crippen molar-refractivity contribution in [3.05, 3.63) is 0 Å². The summed E-state index contributed by atoms with van der Waals surface area (Å²) < 4.78 is 0. The zero-order valence-corrected chi connectivity index (χ0v) is 6.06. The number of hydrogen-bond donors (Lipinski definition) is 2. The lowest BCUT2D eigenvalue weighted by molar-refractivity contribution is -0.125. The number of amides is 1. The van der Waals surface area contributed by atoms with Crippen LogP contribution in [-0.4, -0.2) is 28.4 Å². The molecule has 0 rings (SSSR count). The van der Waals surface area contributed by atoms with E-state index in [9.17, 15) is 4.79 Å². The Hall–Kier alpha value is 0.01000. The largest absolute Gasteiger partial charge is 0.382 e. The second kappa shape index (κ2) is 3.93. The molecule has 2 atom stereocenters. The molecule has 54 valence electrons. The van der Waals surface area contributed by atoms with E-state index in [2.05, 4.69) is 5.73 Å². The number of aliphatic hydroxyl groups excluding tert-OH is 1. The molecule has 0 unspecified atom stereocenters. The molecule has 1 amide bonds. The maximum Gasteiger partial charge on any atom is 0.247 e. The molecule has 0 heterocycles. The number of aliphatic hydroxyl groups is 1. The molecule has 0 aliphatic heterocycles. The first kappa shape index (κ1) is 9.01. The minimum absolute atomic E-state index is 0.00562. The average Bonchev–Trinajstić information content (AvgIpc) is 1.84. The topological polar surface area (TPSA) is 63.3 Å². The van der Waals surface area contributed by atoms with E-state index >= 15 is 0 Å². The summed E-state index contributed by atoms with van der Waals surface area (Å²) in [5, 5.41) is 7.92. The number of halogens is 2. The molecular formula is C4H7Cl2NO2. The highest BCUT2D eigenvalue weighted by Gasteiger charge is 2.20. The third-order valence-electron chi connectivity index (χ3n) is 0.782. The van der Waals surface area contributed by atoms with Crippen molar-refractivity contribution in [2.75, 3.05) is 5.88 Å². The maximum atomic E-state index is 10.1. The quantitative estimate of drug-likeness (QED) is 0.573. The summed E-state index contributed by atoms with van der Waals surface area (Å²) in [7, 11) is 0. The predicted octanol–water partition coefficient (Wildman–Crippen LogP) is -0.321. The van der Waals surface area contributed by atoms with Crippen LogP contribution < -0.4 is 5.73 Å². The third-order valence-corrected chi connectivity index (χ3v) is 1.66. The van der Waals surface area contributed by atoms with Crippen LogP contribution in [0.1, 0.15) is 0 Å². The van der Waals surface area contributed by atoms with Gasteiger partial charge in [-0.1, -0.05) is 0 Å². The van der Waals surface area contributed by atoms with E-state index in [1.54, 1.807) is 0 Å². The summed E-state index contributed by atoms with van der Waals surface area (Å²) in [6.45, 7) is 0. The third kappa shape index (κ3) is 2.89. The van der Waals surface area contributed by atoms with Crippen LogP contribution in [0.25, 0.3) is 0 Å². The van der Waals surface area contributed by atoms with Crippen molar-refractivity contribution >= 4 is 29.1 Å². The molecule has 0 saturated heterocycles. The van der Waals surface area contributed by atoms with Gasteiger partial charge in [0.25, 0.3) is 0 Å². The van der Waals surface area contributed by atoms with E-state index in [4.69, 9.17) is 28.3 Å². The molecule has 3 N–H and O–H groups in total. The Morgan fingerprint density at radius 1 is 1.78 bits per heavy atom. The van der Waals surface area contributed by atoms with Crippen molar-refractivity contribution in [2.24, 2.45) is 5.73 Å². The van der Waals surface area contributed by atoms with Crippen molar-refractivity contribution < 1.29 is 9.90 Å². The fourth-order valence-corrected chi connectivity index (χ4v) is 0.556. The minimum Gasteiger partial charge on any atom is -0.382 e. The second-order valence-electron chi connectivity index (χ2n) is 1.52. The lowest BCUT2D eigenvalue weighted by Crippen LogP contribution is -2.36. The summed E-state index contributed by atoms with van der Waals surface area (Å²) in [4.78, 5) is 10.1. The smallest absolute Gasteiger partial charge is 0.247 e. The summed E-state index contributed by atoms with van der Waals surface area (Å²) in [6, 6.07) is 0. The second-order valence-corrected chi connectivity index (χ2v) is 2.39. The summed E-state index contributed by atoms with van der Waals surface area (Å²) in [6.07, 6.45) is -1.34. The van der Waals surface area contributed by atoms with E-state index in [1.165, 1.54) is 0 Å². The highest BCUT2D eigenvalue weighted by atomic mass is 35.5. The van der Waals surface area contributed by atoms with Crippen molar-refractivity contribution in [1.82, 2.24) is 0 Å². The first-order chi connectivity index (χ1) is 4.09. The number of rotatable bonds is 3. The summed E-state index contributed by atoms with van der Waals surface area (Å²) >= 11 is 10.5. The fourth-order valence-electron chi connectivity index (χ4n) is 0.263. The van der Waals surface area contributed by atoms with Gasteiger partial charge in [0.05, 0.1) is 5.38 Å². The van der Waals surface area contributed by atoms with Crippen molar-refractivity contribution in [3.63, 3.8) is 0 Å². The van der Waals surface area contributed by atoms with E-state index in [0.717, 1.165) is 0 Å². The molecule has 0 fully saturated rings. The Morgan fingerprint density at radius 3 is 2.33 bits per heavy atom. The highest BCUT2D eigenvalue weighted by Crippen LogP contribution is 2.03. The molecule has 0 aliphatic rings. The van der Waals surface area contributed by atoms with Gasteiger partial charge in [-0.05, 0) is 0 Å². The van der Waals surface area contributed by atoms with Gasteiger partial charge in [-0.15, -0.1) is 23.2 Å². The maximum absolute atomic E-state index is 10.1. The number of nitrogens with two attached hydrogens (primary N) is 1. The van der Waals surface area contributed by atoms with E-state index in [1.807, 2.05) is 0 Å². The van der Waals surface area contributed by atoms with Crippen LogP contribution in [0, 0.1) is 0 Å². The molecule has 5 heteroatoms. The molecule has 3 nitrogen and oxygen atoms in total. The van der Waals surface area contributed by atoms with Gasteiger partial charge in [0.15, 0.2) is 0 Å². The van der Waals surface area contributed by atoms with Gasteiger partial charge in [-0.3, -0.25) is 4.79 Å². The lowest BCUT2D eigenvalue weighted by atomic mass is 10.3. The molecule has 0 aromatic carbocycles. The first-order valence-corrected chi connectivity index (χ1v) is 3.24. The predicted molar refractivity (Wildman–Crippen MR) is 35.6 cm³/mol. The first-order valence-electron chi connectivity index (χ1n) is 2.27. The Balaban J connectivity index is 3.72. The van der Waals surface area contributed by atoms with Crippen LogP contribution >= 0.6 is 23.2 Å². The highest BCUT2D eigenvalue weighted by molar-refractivity contribution is 6.29. The summed E-state index contributed by atoms with van der Waals surface area (Å²) in [5.41, 5.74) is 4.68. The molecule has 0 bridgehead atoms. The van der Waals surface area contributed by atoms with Crippen molar-refractivity contribution in [3.8, 4) is 0 Å². The van der Waals surface area contributed by atoms with Gasteiger partial charge in [0.2, 0.25) is 5.91 Å². The van der Waals surface area contributed by atoms with E-state index in [-0.39, 0.29) is 5.88 Å². The number of primary amides is 1. The van der Waals surface area contributed by atoms with Crippen LogP contribution in [0.15, 0.2) is 0 Å². The van der Waals surface area contributed by atoms with Gasteiger partial charge in [0, 0.05) is 5.88 Å². The standard InChI is InChI=1S/C4H7Cl2NO2/c5-1-2(6)3(8)4(7)9/h2-3,8H,1H2,(H2,7,9)/t2-,3+/m0/s1. The average molecular weight is 172 g/mol. The molecule has 0 radical (unpaired) electrons. The zero-order chi connectivity index (χ0) is 7.44. The van der Waals surface area contributed by atoms with Crippen LogP contribution in [0.3, 0.4) is 0 Å². The van der Waals surface area contributed by atoms with Crippen LogP contribution in [0.5, 0.6) is 0 Å². The SMILES string of the molecule is NC(=O)[C@H](O)[C@@H](Cl)CCl. The van der Waals surface area contributed by atoms with Gasteiger partial charge in [-0.2, -0.15) is 0 Å². The Bertz CT molecular complexity index is 109. The number of carbonyl (C=O) groups is 1. The van der Waals surface area contributed by atoms with Gasteiger partial charge in [0.1, 0.15) is 6.10 Å². The van der Waals surface area contributed by atoms with Gasteiger partial charge in [-0.25, -0.2) is 0 Å². The number of carbonyl (C=O) groups excluding carboxylic acids is 1. The minimum atomic E-state index is -1.34. The molecule has 9 heavy (non-hydrogen) atoms. The fraction of sp³-hybridized carbons (Fsp3) is 0.750. The number of alkyl halides is 2. The van der Waals surface area contributed by atoms with Gasteiger partial charge >= 0.3 is 0 Å². The molecular weight excluding hydrogens is 165 g/mol. The molecule has 0 aliphatic carbocycles. The van der Waals surface area contributed by atoms with Crippen molar-refractivity contribution in [1.29, 1.82) is 0 Å². The molecule has 0 saturated carbocycles. The van der Waals surface area contributed by atoms with Crippen LogP contribution in [-0.2, 0) is 4.79 Å². The van der Waals surface area contributed by atoms with Crippen LogP contribution in [0.4, 0.5) is 0 Å². The lowest BCUT2D eigenvalue weighted by Gasteiger charge is -2.08. The van der Waals surface area contributed by atoms with Gasteiger partial charge < -0.3 is 10.8 Å².